The van der Waals surface area contributed by atoms with Gasteiger partial charge >= 0.3 is 0 Å². The van der Waals surface area contributed by atoms with Gasteiger partial charge in [0.25, 0.3) is 0 Å². The van der Waals surface area contributed by atoms with E-state index in [0.29, 0.717) is 17.3 Å². The van der Waals surface area contributed by atoms with Gasteiger partial charge in [0.15, 0.2) is 0 Å². The van der Waals surface area contributed by atoms with Gasteiger partial charge in [-0.05, 0) is 48.7 Å². The molecule has 0 aliphatic carbocycles. The molecule has 122 valence electrons. The summed E-state index contributed by atoms with van der Waals surface area (Å²) >= 11 is 0. The molecule has 2 N–H and O–H groups in total. The monoisotopic (exact) mass is 313 g/mol. The summed E-state index contributed by atoms with van der Waals surface area (Å²) in [5.74, 6) is 0.254. The second-order valence-electron chi connectivity index (χ2n) is 6.02. The smallest absolute Gasteiger partial charge is 0.247 e. The van der Waals surface area contributed by atoms with E-state index >= 15 is 0 Å². The summed E-state index contributed by atoms with van der Waals surface area (Å²) in [6.45, 7) is 5.67. The SMILES string of the molecule is CC(=O)Nc1ccc(NC(=O)[C@H](CC(C)C)n2cccc2)cc1. The molecule has 1 atom stereocenters. The highest BCUT2D eigenvalue weighted by Crippen LogP contribution is 2.21. The first-order chi connectivity index (χ1) is 11.0. The van der Waals surface area contributed by atoms with Crippen LogP contribution in [-0.4, -0.2) is 16.4 Å². The van der Waals surface area contributed by atoms with Crippen molar-refractivity contribution < 1.29 is 9.59 Å². The minimum absolute atomic E-state index is 0.0397. The van der Waals surface area contributed by atoms with Crippen molar-refractivity contribution >= 4 is 23.2 Å². The van der Waals surface area contributed by atoms with E-state index in [1.807, 2.05) is 29.1 Å². The van der Waals surface area contributed by atoms with Crippen molar-refractivity contribution in [2.45, 2.75) is 33.2 Å². The highest BCUT2D eigenvalue weighted by Gasteiger charge is 2.21. The first-order valence-corrected chi connectivity index (χ1v) is 7.76. The van der Waals surface area contributed by atoms with E-state index in [9.17, 15) is 9.59 Å². The van der Waals surface area contributed by atoms with Crippen LogP contribution in [0.4, 0.5) is 11.4 Å². The highest BCUT2D eigenvalue weighted by molar-refractivity contribution is 5.94. The molecule has 23 heavy (non-hydrogen) atoms. The van der Waals surface area contributed by atoms with Gasteiger partial charge in [-0.25, -0.2) is 0 Å². The third kappa shape index (κ3) is 4.98. The number of hydrogen-bond acceptors (Lipinski definition) is 2. The minimum atomic E-state index is -0.236. The zero-order valence-electron chi connectivity index (χ0n) is 13.7. The second-order valence-corrected chi connectivity index (χ2v) is 6.02. The van der Waals surface area contributed by atoms with Gasteiger partial charge < -0.3 is 15.2 Å². The molecule has 0 aliphatic rings. The second kappa shape index (κ2) is 7.63. The lowest BCUT2D eigenvalue weighted by Crippen LogP contribution is -2.26. The molecule has 0 aliphatic heterocycles. The first kappa shape index (κ1) is 16.8. The Balaban J connectivity index is 2.07. The number of nitrogens with one attached hydrogen (secondary N) is 2. The number of amides is 2. The van der Waals surface area contributed by atoms with E-state index in [1.165, 1.54) is 6.92 Å². The normalized spacial score (nSPS) is 12.0. The molecule has 5 heteroatoms. The molecule has 0 unspecified atom stereocenters. The van der Waals surface area contributed by atoms with Crippen LogP contribution in [0.3, 0.4) is 0 Å². The molecule has 1 aromatic heterocycles. The van der Waals surface area contributed by atoms with Crippen LogP contribution in [0.2, 0.25) is 0 Å². The maximum Gasteiger partial charge on any atom is 0.247 e. The predicted molar refractivity (Wildman–Crippen MR) is 92.3 cm³/mol. The maximum absolute atomic E-state index is 12.6. The molecule has 0 bridgehead atoms. The molecular formula is C18H23N3O2. The fraction of sp³-hybridized carbons (Fsp3) is 0.333. The molecular weight excluding hydrogens is 290 g/mol. The van der Waals surface area contributed by atoms with Gasteiger partial charge in [0.05, 0.1) is 0 Å². The topological polar surface area (TPSA) is 63.1 Å². The van der Waals surface area contributed by atoms with Crippen LogP contribution in [0.25, 0.3) is 0 Å². The van der Waals surface area contributed by atoms with E-state index in [-0.39, 0.29) is 17.9 Å². The van der Waals surface area contributed by atoms with Crippen LogP contribution in [0.15, 0.2) is 48.8 Å². The predicted octanol–water partition coefficient (Wildman–Crippen LogP) is 3.67. The highest BCUT2D eigenvalue weighted by atomic mass is 16.2. The van der Waals surface area contributed by atoms with Crippen LogP contribution in [0.1, 0.15) is 33.2 Å². The summed E-state index contributed by atoms with van der Waals surface area (Å²) in [6.07, 6.45) is 4.59. The quantitative estimate of drug-likeness (QED) is 0.854. The van der Waals surface area contributed by atoms with Crippen LogP contribution in [0.5, 0.6) is 0 Å². The van der Waals surface area contributed by atoms with E-state index < -0.39 is 0 Å². The summed E-state index contributed by atoms with van der Waals surface area (Å²) in [6, 6.07) is 10.7. The van der Waals surface area contributed by atoms with Gasteiger partial charge in [-0.15, -0.1) is 0 Å². The zero-order chi connectivity index (χ0) is 16.8. The van der Waals surface area contributed by atoms with Crippen LogP contribution < -0.4 is 10.6 Å². The Bertz CT molecular complexity index is 645. The number of hydrogen-bond donors (Lipinski definition) is 2. The van der Waals surface area contributed by atoms with Gasteiger partial charge in [-0.3, -0.25) is 9.59 Å². The number of anilines is 2. The summed E-state index contributed by atoms with van der Waals surface area (Å²) in [5, 5.41) is 5.64. The average molecular weight is 313 g/mol. The van der Waals surface area contributed by atoms with Crippen molar-refractivity contribution in [1.29, 1.82) is 0 Å². The fourth-order valence-electron chi connectivity index (χ4n) is 2.43. The lowest BCUT2D eigenvalue weighted by Gasteiger charge is -2.20. The van der Waals surface area contributed by atoms with E-state index in [0.717, 1.165) is 6.42 Å². The average Bonchev–Trinajstić information content (AvgIpc) is 3.00. The van der Waals surface area contributed by atoms with Gasteiger partial charge in [0, 0.05) is 30.7 Å². The van der Waals surface area contributed by atoms with Crippen molar-refractivity contribution in [3.63, 3.8) is 0 Å². The van der Waals surface area contributed by atoms with Crippen LogP contribution >= 0.6 is 0 Å². The largest absolute Gasteiger partial charge is 0.342 e. The Morgan fingerprint density at radius 3 is 2.00 bits per heavy atom. The molecule has 0 saturated carbocycles. The fourth-order valence-corrected chi connectivity index (χ4v) is 2.43. The third-order valence-electron chi connectivity index (χ3n) is 3.46. The zero-order valence-corrected chi connectivity index (χ0v) is 13.7. The molecule has 2 amide bonds. The number of carbonyl (C=O) groups is 2. The summed E-state index contributed by atoms with van der Waals surface area (Å²) in [7, 11) is 0. The number of nitrogens with zero attached hydrogens (tertiary/aromatic N) is 1. The van der Waals surface area contributed by atoms with Gasteiger partial charge in [0.1, 0.15) is 6.04 Å². The number of aromatic nitrogens is 1. The lowest BCUT2D eigenvalue weighted by atomic mass is 10.0. The molecule has 2 aromatic rings. The van der Waals surface area contributed by atoms with Gasteiger partial charge in [-0.1, -0.05) is 13.8 Å². The molecule has 0 spiro atoms. The van der Waals surface area contributed by atoms with E-state index in [1.54, 1.807) is 24.3 Å². The van der Waals surface area contributed by atoms with E-state index in [4.69, 9.17) is 0 Å². The standard InChI is InChI=1S/C18H23N3O2/c1-13(2)12-17(21-10-4-5-11-21)18(23)20-16-8-6-15(7-9-16)19-14(3)22/h4-11,13,17H,12H2,1-3H3,(H,19,22)(H,20,23)/t17-/m0/s1. The summed E-state index contributed by atoms with van der Waals surface area (Å²) < 4.78 is 1.93. The molecule has 1 heterocycles. The number of carbonyl (C=O) groups excluding carboxylic acids is 2. The molecule has 0 fully saturated rings. The summed E-state index contributed by atoms with van der Waals surface area (Å²) in [4.78, 5) is 23.6. The van der Waals surface area contributed by atoms with Crippen LogP contribution in [0, 0.1) is 5.92 Å². The molecule has 0 radical (unpaired) electrons. The number of rotatable bonds is 6. The van der Waals surface area contributed by atoms with Gasteiger partial charge in [0.2, 0.25) is 11.8 Å². The molecule has 2 rings (SSSR count). The third-order valence-corrected chi connectivity index (χ3v) is 3.46. The maximum atomic E-state index is 12.6. The Morgan fingerprint density at radius 2 is 1.52 bits per heavy atom. The summed E-state index contributed by atoms with van der Waals surface area (Å²) in [5.41, 5.74) is 1.42. The van der Waals surface area contributed by atoms with Crippen molar-refractivity contribution in [3.8, 4) is 0 Å². The van der Waals surface area contributed by atoms with Gasteiger partial charge in [-0.2, -0.15) is 0 Å². The van der Waals surface area contributed by atoms with Crippen molar-refractivity contribution in [2.24, 2.45) is 5.92 Å². The molecule has 0 saturated heterocycles. The Morgan fingerprint density at radius 1 is 1.00 bits per heavy atom. The molecule has 1 aromatic carbocycles. The van der Waals surface area contributed by atoms with Crippen LogP contribution in [-0.2, 0) is 9.59 Å². The number of benzene rings is 1. The first-order valence-electron chi connectivity index (χ1n) is 7.76. The van der Waals surface area contributed by atoms with Crippen molar-refractivity contribution in [1.82, 2.24) is 4.57 Å². The minimum Gasteiger partial charge on any atom is -0.342 e. The van der Waals surface area contributed by atoms with Crippen molar-refractivity contribution in [3.05, 3.63) is 48.8 Å². The van der Waals surface area contributed by atoms with E-state index in [2.05, 4.69) is 24.5 Å². The lowest BCUT2D eigenvalue weighted by molar-refractivity contribution is -0.119. The Labute approximate surface area is 136 Å². The molecule has 5 nitrogen and oxygen atoms in total. The van der Waals surface area contributed by atoms with Crippen molar-refractivity contribution in [2.75, 3.05) is 10.6 Å². The Kier molecular flexibility index (Phi) is 5.57. The Hall–Kier alpha value is -2.56.